The molecule has 0 aliphatic heterocycles. The highest BCUT2D eigenvalue weighted by molar-refractivity contribution is 5.98. The summed E-state index contributed by atoms with van der Waals surface area (Å²) in [5, 5.41) is 3.96. The number of benzene rings is 1. The summed E-state index contributed by atoms with van der Waals surface area (Å²) in [7, 11) is 0. The van der Waals surface area contributed by atoms with Gasteiger partial charge < -0.3 is 14.5 Å². The minimum absolute atomic E-state index is 0.151. The van der Waals surface area contributed by atoms with Crippen molar-refractivity contribution in [3.8, 4) is 5.75 Å². The van der Waals surface area contributed by atoms with Gasteiger partial charge in [-0.15, -0.1) is 0 Å². The summed E-state index contributed by atoms with van der Waals surface area (Å²) in [6, 6.07) is 5.84. The molecule has 0 unspecified atom stereocenters. The molecular formula is C23H26N2O3. The van der Waals surface area contributed by atoms with Crippen LogP contribution in [0.3, 0.4) is 0 Å². The Morgan fingerprint density at radius 2 is 2.07 bits per heavy atom. The second-order valence-corrected chi connectivity index (χ2v) is 6.88. The van der Waals surface area contributed by atoms with Crippen LogP contribution in [-0.4, -0.2) is 17.5 Å². The molecule has 0 radical (unpaired) electrons. The standard InChI is InChI=1S/C23H26N2O3/c1-6-27-22-16(4)23-20(15(3)17(5)28-23)11-19(22)14(2)10-21(26)25-13-18-8-7-9-24-12-18/h7-12H,6,13H2,1-5H3,(H,25,26)/b14-10+. The van der Waals surface area contributed by atoms with Gasteiger partial charge in [0.2, 0.25) is 5.91 Å². The first-order chi connectivity index (χ1) is 13.4. The Hall–Kier alpha value is -3.08. The van der Waals surface area contributed by atoms with Crippen molar-refractivity contribution in [1.29, 1.82) is 0 Å². The average molecular weight is 378 g/mol. The molecule has 0 saturated carbocycles. The van der Waals surface area contributed by atoms with Crippen molar-refractivity contribution in [3.63, 3.8) is 0 Å². The predicted molar refractivity (Wildman–Crippen MR) is 111 cm³/mol. The minimum Gasteiger partial charge on any atom is -0.493 e. The van der Waals surface area contributed by atoms with Crippen molar-refractivity contribution in [2.45, 2.75) is 41.2 Å². The summed E-state index contributed by atoms with van der Waals surface area (Å²) in [5.41, 5.74) is 5.61. The van der Waals surface area contributed by atoms with Crippen LogP contribution in [0.4, 0.5) is 0 Å². The number of fused-ring (bicyclic) bond motifs is 1. The molecule has 3 rings (SSSR count). The third kappa shape index (κ3) is 3.93. The topological polar surface area (TPSA) is 64.4 Å². The van der Waals surface area contributed by atoms with Crippen molar-refractivity contribution in [2.24, 2.45) is 0 Å². The van der Waals surface area contributed by atoms with Gasteiger partial charge in [-0.1, -0.05) is 6.07 Å². The monoisotopic (exact) mass is 378 g/mol. The van der Waals surface area contributed by atoms with E-state index in [1.54, 1.807) is 18.5 Å². The van der Waals surface area contributed by atoms with E-state index in [0.717, 1.165) is 50.3 Å². The smallest absolute Gasteiger partial charge is 0.244 e. The van der Waals surface area contributed by atoms with Crippen molar-refractivity contribution in [1.82, 2.24) is 10.3 Å². The maximum Gasteiger partial charge on any atom is 0.244 e. The Kier molecular flexibility index (Phi) is 5.83. The first-order valence-electron chi connectivity index (χ1n) is 9.43. The van der Waals surface area contributed by atoms with E-state index in [1.807, 2.05) is 46.8 Å². The van der Waals surface area contributed by atoms with Crippen LogP contribution >= 0.6 is 0 Å². The summed E-state index contributed by atoms with van der Waals surface area (Å²) >= 11 is 0. The van der Waals surface area contributed by atoms with Gasteiger partial charge in [-0.3, -0.25) is 9.78 Å². The van der Waals surface area contributed by atoms with E-state index in [2.05, 4.69) is 16.4 Å². The second-order valence-electron chi connectivity index (χ2n) is 6.88. The van der Waals surface area contributed by atoms with E-state index in [0.29, 0.717) is 13.2 Å². The Labute approximate surface area is 165 Å². The number of aromatic nitrogens is 1. The Morgan fingerprint density at radius 1 is 1.29 bits per heavy atom. The molecular weight excluding hydrogens is 352 g/mol. The molecule has 2 heterocycles. The average Bonchev–Trinajstić information content (AvgIpc) is 2.97. The van der Waals surface area contributed by atoms with Gasteiger partial charge in [-0.05, 0) is 63.5 Å². The van der Waals surface area contributed by atoms with Crippen LogP contribution in [0.25, 0.3) is 16.5 Å². The van der Waals surface area contributed by atoms with Crippen LogP contribution in [0.15, 0.2) is 41.1 Å². The summed E-state index contributed by atoms with van der Waals surface area (Å²) in [6.07, 6.45) is 5.07. The molecule has 5 nitrogen and oxygen atoms in total. The zero-order chi connectivity index (χ0) is 20.3. The quantitative estimate of drug-likeness (QED) is 0.622. The molecule has 3 aromatic rings. The van der Waals surface area contributed by atoms with Crippen molar-refractivity contribution >= 4 is 22.4 Å². The molecule has 1 N–H and O–H groups in total. The van der Waals surface area contributed by atoms with Gasteiger partial charge in [0.25, 0.3) is 0 Å². The fraction of sp³-hybridized carbons (Fsp3) is 0.304. The van der Waals surface area contributed by atoms with Gasteiger partial charge >= 0.3 is 0 Å². The Balaban J connectivity index is 1.93. The number of hydrogen-bond donors (Lipinski definition) is 1. The molecule has 0 fully saturated rings. The highest BCUT2D eigenvalue weighted by Crippen LogP contribution is 2.38. The van der Waals surface area contributed by atoms with E-state index in [-0.39, 0.29) is 5.91 Å². The van der Waals surface area contributed by atoms with E-state index < -0.39 is 0 Å². The third-order valence-electron chi connectivity index (χ3n) is 4.90. The van der Waals surface area contributed by atoms with E-state index >= 15 is 0 Å². The number of pyridine rings is 1. The lowest BCUT2D eigenvalue weighted by Crippen LogP contribution is -2.20. The largest absolute Gasteiger partial charge is 0.493 e. The van der Waals surface area contributed by atoms with Gasteiger partial charge in [-0.2, -0.15) is 0 Å². The number of nitrogens with zero attached hydrogens (tertiary/aromatic N) is 1. The van der Waals surface area contributed by atoms with Crippen LogP contribution in [0.2, 0.25) is 0 Å². The molecule has 0 spiro atoms. The van der Waals surface area contributed by atoms with Gasteiger partial charge in [0.15, 0.2) is 0 Å². The number of rotatable bonds is 6. The molecule has 1 amide bonds. The number of ether oxygens (including phenoxy) is 1. The van der Waals surface area contributed by atoms with E-state index in [9.17, 15) is 4.79 Å². The zero-order valence-electron chi connectivity index (χ0n) is 17.1. The highest BCUT2D eigenvalue weighted by Gasteiger charge is 2.18. The maximum absolute atomic E-state index is 12.4. The number of allylic oxidation sites excluding steroid dienone is 1. The fourth-order valence-electron chi connectivity index (χ4n) is 3.25. The molecule has 0 saturated heterocycles. The first kappa shape index (κ1) is 19.7. The van der Waals surface area contributed by atoms with Crippen LogP contribution in [0.5, 0.6) is 5.75 Å². The lowest BCUT2D eigenvalue weighted by Gasteiger charge is -2.14. The number of nitrogens with one attached hydrogen (secondary N) is 1. The van der Waals surface area contributed by atoms with Crippen LogP contribution < -0.4 is 10.1 Å². The van der Waals surface area contributed by atoms with Crippen LogP contribution in [0, 0.1) is 20.8 Å². The van der Waals surface area contributed by atoms with Crippen molar-refractivity contribution in [3.05, 3.63) is 64.7 Å². The van der Waals surface area contributed by atoms with Gasteiger partial charge in [-0.25, -0.2) is 0 Å². The molecule has 28 heavy (non-hydrogen) atoms. The number of aryl methyl sites for hydroxylation is 3. The normalized spacial score (nSPS) is 11.7. The molecule has 0 aliphatic carbocycles. The SMILES string of the molecule is CCOc1c(/C(C)=C/C(=O)NCc2cccnc2)cc2c(C)c(C)oc2c1C. The van der Waals surface area contributed by atoms with Crippen molar-refractivity contribution in [2.75, 3.05) is 6.61 Å². The number of furan rings is 1. The van der Waals surface area contributed by atoms with Gasteiger partial charge in [0, 0.05) is 41.5 Å². The summed E-state index contributed by atoms with van der Waals surface area (Å²) in [4.78, 5) is 16.5. The summed E-state index contributed by atoms with van der Waals surface area (Å²) in [5.74, 6) is 1.51. The highest BCUT2D eigenvalue weighted by atomic mass is 16.5. The maximum atomic E-state index is 12.4. The molecule has 1 aromatic carbocycles. The lowest BCUT2D eigenvalue weighted by atomic mass is 9.98. The lowest BCUT2D eigenvalue weighted by molar-refractivity contribution is -0.116. The number of carbonyl (C=O) groups excluding carboxylic acids is 1. The van der Waals surface area contributed by atoms with E-state index in [1.165, 1.54) is 0 Å². The molecule has 5 heteroatoms. The second kappa shape index (κ2) is 8.30. The fourth-order valence-corrected chi connectivity index (χ4v) is 3.25. The van der Waals surface area contributed by atoms with Crippen LogP contribution in [0.1, 0.15) is 41.9 Å². The summed E-state index contributed by atoms with van der Waals surface area (Å²) < 4.78 is 11.9. The first-order valence-corrected chi connectivity index (χ1v) is 9.43. The number of amides is 1. The minimum atomic E-state index is -0.151. The Morgan fingerprint density at radius 3 is 2.75 bits per heavy atom. The molecule has 2 aromatic heterocycles. The number of carbonyl (C=O) groups is 1. The molecule has 0 bridgehead atoms. The molecule has 0 aliphatic rings. The van der Waals surface area contributed by atoms with Gasteiger partial charge in [0.1, 0.15) is 17.1 Å². The van der Waals surface area contributed by atoms with Crippen molar-refractivity contribution < 1.29 is 13.9 Å². The van der Waals surface area contributed by atoms with Gasteiger partial charge in [0.05, 0.1) is 6.61 Å². The summed E-state index contributed by atoms with van der Waals surface area (Å²) in [6.45, 7) is 10.9. The molecule has 0 atom stereocenters. The predicted octanol–water partition coefficient (Wildman–Crippen LogP) is 4.87. The third-order valence-corrected chi connectivity index (χ3v) is 4.90. The molecule has 146 valence electrons. The van der Waals surface area contributed by atoms with E-state index in [4.69, 9.17) is 9.15 Å². The Bertz CT molecular complexity index is 1030. The number of hydrogen-bond acceptors (Lipinski definition) is 4. The zero-order valence-corrected chi connectivity index (χ0v) is 17.1. The van der Waals surface area contributed by atoms with Crippen LogP contribution in [-0.2, 0) is 11.3 Å².